The number of esters is 1. The Bertz CT molecular complexity index is 578. The molecule has 4 nitrogen and oxygen atoms in total. The zero-order chi connectivity index (χ0) is 13.1. The fourth-order valence-corrected chi connectivity index (χ4v) is 2.42. The van der Waals surface area contributed by atoms with Crippen LogP contribution in [0.15, 0.2) is 17.0 Å². The number of carbonyl (C=O) groups is 1. The molecule has 0 unspecified atom stereocenters. The third-order valence-electron chi connectivity index (χ3n) is 2.57. The van der Waals surface area contributed by atoms with Crippen LogP contribution in [-0.4, -0.2) is 22.5 Å². The average Bonchev–Trinajstić information content (AvgIpc) is 2.75. The molecule has 18 heavy (non-hydrogen) atoms. The standard InChI is InChI=1S/C13H14N2O2S/c1-4-17-13(16)10-5-14-12(15-9(10)3)11-7-18-6-8(11)2/h5-7H,4H2,1-3H3. The van der Waals surface area contributed by atoms with Crippen LogP contribution in [0.3, 0.4) is 0 Å². The molecule has 0 N–H and O–H groups in total. The summed E-state index contributed by atoms with van der Waals surface area (Å²) in [6.45, 7) is 5.93. The normalized spacial score (nSPS) is 10.4. The van der Waals surface area contributed by atoms with Gasteiger partial charge in [0.05, 0.1) is 17.9 Å². The van der Waals surface area contributed by atoms with Gasteiger partial charge in [-0.1, -0.05) is 0 Å². The van der Waals surface area contributed by atoms with Crippen LogP contribution in [0.2, 0.25) is 0 Å². The first-order chi connectivity index (χ1) is 8.63. The van der Waals surface area contributed by atoms with Gasteiger partial charge in [-0.15, -0.1) is 0 Å². The number of ether oxygens (including phenoxy) is 1. The number of aromatic nitrogens is 2. The summed E-state index contributed by atoms with van der Waals surface area (Å²) in [6.07, 6.45) is 1.53. The number of thiophene rings is 1. The second kappa shape index (κ2) is 5.27. The van der Waals surface area contributed by atoms with Gasteiger partial charge in [0, 0.05) is 17.1 Å². The number of nitrogens with zero attached hydrogens (tertiary/aromatic N) is 2. The van der Waals surface area contributed by atoms with Crippen LogP contribution in [0.5, 0.6) is 0 Å². The van der Waals surface area contributed by atoms with Crippen LogP contribution in [0, 0.1) is 13.8 Å². The van der Waals surface area contributed by atoms with Gasteiger partial charge in [0.15, 0.2) is 5.82 Å². The van der Waals surface area contributed by atoms with E-state index >= 15 is 0 Å². The van der Waals surface area contributed by atoms with Gasteiger partial charge in [0.2, 0.25) is 0 Å². The molecule has 2 aromatic heterocycles. The molecule has 0 saturated heterocycles. The second-order valence-corrected chi connectivity index (χ2v) is 4.63. The van der Waals surface area contributed by atoms with E-state index in [2.05, 4.69) is 9.97 Å². The molecule has 0 aliphatic heterocycles. The summed E-state index contributed by atoms with van der Waals surface area (Å²) in [5.41, 5.74) is 3.22. The van der Waals surface area contributed by atoms with E-state index in [4.69, 9.17) is 4.74 Å². The maximum absolute atomic E-state index is 11.6. The molecule has 0 saturated carbocycles. The van der Waals surface area contributed by atoms with E-state index in [1.165, 1.54) is 6.20 Å². The number of rotatable bonds is 3. The SMILES string of the molecule is CCOC(=O)c1cnc(-c2cscc2C)nc1C. The topological polar surface area (TPSA) is 52.1 Å². The molecule has 0 amide bonds. The molecule has 0 bridgehead atoms. The Kier molecular flexibility index (Phi) is 3.72. The lowest BCUT2D eigenvalue weighted by atomic mass is 10.2. The highest BCUT2D eigenvalue weighted by Gasteiger charge is 2.14. The summed E-state index contributed by atoms with van der Waals surface area (Å²) in [5, 5.41) is 4.06. The fraction of sp³-hybridized carbons (Fsp3) is 0.308. The molecule has 2 rings (SSSR count). The summed E-state index contributed by atoms with van der Waals surface area (Å²) >= 11 is 1.61. The molecule has 94 valence electrons. The summed E-state index contributed by atoms with van der Waals surface area (Å²) in [5.74, 6) is 0.280. The number of hydrogen-bond donors (Lipinski definition) is 0. The third kappa shape index (κ3) is 2.41. The monoisotopic (exact) mass is 262 g/mol. The largest absolute Gasteiger partial charge is 0.462 e. The van der Waals surface area contributed by atoms with Crippen LogP contribution >= 0.6 is 11.3 Å². The summed E-state index contributed by atoms with van der Waals surface area (Å²) in [6, 6.07) is 0. The average molecular weight is 262 g/mol. The molecule has 0 atom stereocenters. The minimum absolute atomic E-state index is 0.351. The van der Waals surface area contributed by atoms with E-state index in [9.17, 15) is 4.79 Å². The van der Waals surface area contributed by atoms with Crippen molar-refractivity contribution in [3.8, 4) is 11.4 Å². The van der Waals surface area contributed by atoms with Crippen LogP contribution in [0.1, 0.15) is 28.5 Å². The van der Waals surface area contributed by atoms with E-state index < -0.39 is 0 Å². The molecule has 0 aliphatic rings. The van der Waals surface area contributed by atoms with Gasteiger partial charge >= 0.3 is 5.97 Å². The maximum atomic E-state index is 11.6. The van der Waals surface area contributed by atoms with Gasteiger partial charge in [-0.25, -0.2) is 14.8 Å². The predicted octanol–water partition coefficient (Wildman–Crippen LogP) is 3.00. The summed E-state index contributed by atoms with van der Waals surface area (Å²) in [7, 11) is 0. The molecule has 0 radical (unpaired) electrons. The number of aryl methyl sites for hydroxylation is 2. The van der Waals surface area contributed by atoms with E-state index in [0.717, 1.165) is 11.1 Å². The maximum Gasteiger partial charge on any atom is 0.341 e. The van der Waals surface area contributed by atoms with E-state index in [1.54, 1.807) is 25.2 Å². The van der Waals surface area contributed by atoms with Crippen molar-refractivity contribution in [2.45, 2.75) is 20.8 Å². The summed E-state index contributed by atoms with van der Waals surface area (Å²) in [4.78, 5) is 20.2. The minimum Gasteiger partial charge on any atom is -0.462 e. The lowest BCUT2D eigenvalue weighted by Gasteiger charge is -2.06. The minimum atomic E-state index is -0.372. The second-order valence-electron chi connectivity index (χ2n) is 3.88. The molecule has 5 heteroatoms. The lowest BCUT2D eigenvalue weighted by Crippen LogP contribution is -2.09. The van der Waals surface area contributed by atoms with Crippen LogP contribution in [-0.2, 0) is 4.74 Å². The van der Waals surface area contributed by atoms with E-state index in [0.29, 0.717) is 23.7 Å². The quantitative estimate of drug-likeness (QED) is 0.798. The van der Waals surface area contributed by atoms with Gasteiger partial charge in [-0.3, -0.25) is 0 Å². The van der Waals surface area contributed by atoms with Crippen molar-refractivity contribution in [1.29, 1.82) is 0 Å². The summed E-state index contributed by atoms with van der Waals surface area (Å²) < 4.78 is 4.95. The van der Waals surface area contributed by atoms with Crippen molar-refractivity contribution in [3.05, 3.63) is 33.8 Å². The van der Waals surface area contributed by atoms with Crippen molar-refractivity contribution >= 4 is 17.3 Å². The lowest BCUT2D eigenvalue weighted by molar-refractivity contribution is 0.0524. The zero-order valence-corrected chi connectivity index (χ0v) is 11.4. The van der Waals surface area contributed by atoms with Gasteiger partial charge < -0.3 is 4.74 Å². The molecule has 0 spiro atoms. The Morgan fingerprint density at radius 3 is 2.72 bits per heavy atom. The van der Waals surface area contributed by atoms with Crippen molar-refractivity contribution in [3.63, 3.8) is 0 Å². The Labute approximate surface area is 110 Å². The zero-order valence-electron chi connectivity index (χ0n) is 10.6. The first-order valence-electron chi connectivity index (χ1n) is 5.67. The van der Waals surface area contributed by atoms with E-state index in [1.807, 2.05) is 17.7 Å². The third-order valence-corrected chi connectivity index (χ3v) is 3.43. The van der Waals surface area contributed by atoms with Gasteiger partial charge in [-0.05, 0) is 31.7 Å². The Balaban J connectivity index is 2.36. The molecule has 2 aromatic rings. The van der Waals surface area contributed by atoms with E-state index in [-0.39, 0.29) is 5.97 Å². The highest BCUT2D eigenvalue weighted by Crippen LogP contribution is 2.24. The fourth-order valence-electron chi connectivity index (χ4n) is 1.60. The molecule has 2 heterocycles. The predicted molar refractivity (Wildman–Crippen MR) is 70.8 cm³/mol. The van der Waals surface area contributed by atoms with Crippen molar-refractivity contribution < 1.29 is 9.53 Å². The highest BCUT2D eigenvalue weighted by molar-refractivity contribution is 7.08. The van der Waals surface area contributed by atoms with Gasteiger partial charge in [-0.2, -0.15) is 11.3 Å². The van der Waals surface area contributed by atoms with Crippen molar-refractivity contribution in [2.24, 2.45) is 0 Å². The first-order valence-corrected chi connectivity index (χ1v) is 6.61. The molecule has 0 aliphatic carbocycles. The van der Waals surface area contributed by atoms with Crippen LogP contribution in [0.25, 0.3) is 11.4 Å². The van der Waals surface area contributed by atoms with Crippen molar-refractivity contribution in [1.82, 2.24) is 9.97 Å². The van der Waals surface area contributed by atoms with Crippen molar-refractivity contribution in [2.75, 3.05) is 6.61 Å². The Morgan fingerprint density at radius 1 is 1.39 bits per heavy atom. The molecule has 0 fully saturated rings. The molecule has 0 aromatic carbocycles. The van der Waals surface area contributed by atoms with Gasteiger partial charge in [0.1, 0.15) is 0 Å². The molecular weight excluding hydrogens is 248 g/mol. The Morgan fingerprint density at radius 2 is 2.17 bits per heavy atom. The number of hydrogen-bond acceptors (Lipinski definition) is 5. The number of carbonyl (C=O) groups excluding carboxylic acids is 1. The van der Waals surface area contributed by atoms with Crippen LogP contribution in [0.4, 0.5) is 0 Å². The van der Waals surface area contributed by atoms with Crippen LogP contribution < -0.4 is 0 Å². The highest BCUT2D eigenvalue weighted by atomic mass is 32.1. The van der Waals surface area contributed by atoms with Gasteiger partial charge in [0.25, 0.3) is 0 Å². The first kappa shape index (κ1) is 12.7. The molecular formula is C13H14N2O2S. The smallest absolute Gasteiger partial charge is 0.341 e. The Hall–Kier alpha value is -1.75.